The number of benzene rings is 1. The number of rotatable bonds is 4. The molecule has 0 bridgehead atoms. The van der Waals surface area contributed by atoms with Crippen LogP contribution in [0.25, 0.3) is 0 Å². The number of carbonyl (C=O) groups is 1. The molecule has 6 heteroatoms. The van der Waals surface area contributed by atoms with Crippen LogP contribution in [-0.2, 0) is 9.84 Å². The van der Waals surface area contributed by atoms with E-state index in [-0.39, 0.29) is 40.9 Å². The fourth-order valence-corrected chi connectivity index (χ4v) is 4.11. The van der Waals surface area contributed by atoms with Crippen LogP contribution in [0.1, 0.15) is 23.2 Å². The zero-order valence-corrected chi connectivity index (χ0v) is 11.4. The molecule has 1 unspecified atom stereocenters. The molecular formula is C13H15FO4S. The molecular weight excluding hydrogens is 271 g/mol. The molecule has 1 heterocycles. The highest BCUT2D eigenvalue weighted by molar-refractivity contribution is 7.91. The van der Waals surface area contributed by atoms with Crippen LogP contribution in [-0.4, -0.2) is 32.8 Å². The van der Waals surface area contributed by atoms with Crippen LogP contribution < -0.4 is 4.74 Å². The van der Waals surface area contributed by atoms with Gasteiger partial charge >= 0.3 is 0 Å². The molecule has 4 nitrogen and oxygen atoms in total. The van der Waals surface area contributed by atoms with E-state index in [1.807, 2.05) is 0 Å². The first kappa shape index (κ1) is 14.0. The van der Waals surface area contributed by atoms with Crippen molar-refractivity contribution in [1.29, 1.82) is 0 Å². The Morgan fingerprint density at radius 3 is 2.74 bits per heavy atom. The van der Waals surface area contributed by atoms with Crippen molar-refractivity contribution >= 4 is 15.6 Å². The summed E-state index contributed by atoms with van der Waals surface area (Å²) in [7, 11) is -1.64. The monoisotopic (exact) mass is 286 g/mol. The lowest BCUT2D eigenvalue weighted by Gasteiger charge is -2.08. The number of methoxy groups -OCH3 is 1. The smallest absolute Gasteiger partial charge is 0.165 e. The summed E-state index contributed by atoms with van der Waals surface area (Å²) in [5.41, 5.74) is 0.252. The number of Topliss-reactive ketones (excluding diaryl/α,β-unsaturated/α-hetero) is 1. The molecule has 1 saturated heterocycles. The lowest BCUT2D eigenvalue weighted by Crippen LogP contribution is -2.11. The highest BCUT2D eigenvalue weighted by Crippen LogP contribution is 2.25. The largest absolute Gasteiger partial charge is 0.494 e. The predicted octanol–water partition coefficient (Wildman–Crippen LogP) is 1.84. The quantitative estimate of drug-likeness (QED) is 0.792. The Morgan fingerprint density at radius 1 is 1.47 bits per heavy atom. The van der Waals surface area contributed by atoms with Crippen LogP contribution in [0.4, 0.5) is 4.39 Å². The van der Waals surface area contributed by atoms with Crippen molar-refractivity contribution in [3.8, 4) is 5.75 Å². The van der Waals surface area contributed by atoms with Gasteiger partial charge in [-0.2, -0.15) is 0 Å². The van der Waals surface area contributed by atoms with Crippen molar-refractivity contribution in [2.45, 2.75) is 12.8 Å². The molecule has 19 heavy (non-hydrogen) atoms. The van der Waals surface area contributed by atoms with E-state index in [4.69, 9.17) is 4.74 Å². The summed E-state index contributed by atoms with van der Waals surface area (Å²) in [5.74, 6) is -0.696. The minimum Gasteiger partial charge on any atom is -0.494 e. The molecule has 0 spiro atoms. The normalized spacial score (nSPS) is 21.3. The van der Waals surface area contributed by atoms with Gasteiger partial charge in [-0.3, -0.25) is 4.79 Å². The molecule has 1 aliphatic rings. The van der Waals surface area contributed by atoms with Gasteiger partial charge in [0.1, 0.15) is 0 Å². The van der Waals surface area contributed by atoms with E-state index >= 15 is 0 Å². The lowest BCUT2D eigenvalue weighted by molar-refractivity contribution is 0.0965. The van der Waals surface area contributed by atoms with E-state index in [0.29, 0.717) is 6.42 Å². The van der Waals surface area contributed by atoms with Gasteiger partial charge in [-0.25, -0.2) is 12.8 Å². The predicted molar refractivity (Wildman–Crippen MR) is 68.7 cm³/mol. The van der Waals surface area contributed by atoms with Crippen molar-refractivity contribution in [1.82, 2.24) is 0 Å². The topological polar surface area (TPSA) is 60.4 Å². The van der Waals surface area contributed by atoms with E-state index in [1.165, 1.54) is 19.2 Å². The Labute approximate surface area is 111 Å². The SMILES string of the molecule is COc1ccc(C(=O)CC2CCS(=O)(=O)C2)cc1F. The molecule has 0 saturated carbocycles. The summed E-state index contributed by atoms with van der Waals surface area (Å²) in [6, 6.07) is 4.02. The molecule has 0 aromatic heterocycles. The Morgan fingerprint density at radius 2 is 2.21 bits per heavy atom. The summed E-state index contributed by atoms with van der Waals surface area (Å²) >= 11 is 0. The van der Waals surface area contributed by atoms with Crippen LogP contribution in [0.5, 0.6) is 5.75 Å². The number of ketones is 1. The average molecular weight is 286 g/mol. The fraction of sp³-hybridized carbons (Fsp3) is 0.462. The van der Waals surface area contributed by atoms with Crippen LogP contribution in [0.15, 0.2) is 18.2 Å². The van der Waals surface area contributed by atoms with Crippen molar-refractivity contribution in [2.75, 3.05) is 18.6 Å². The Balaban J connectivity index is 2.06. The van der Waals surface area contributed by atoms with Gasteiger partial charge in [0.25, 0.3) is 0 Å². The molecule has 1 aromatic rings. The maximum Gasteiger partial charge on any atom is 0.165 e. The summed E-state index contributed by atoms with van der Waals surface area (Å²) in [5, 5.41) is 0. The van der Waals surface area contributed by atoms with Gasteiger partial charge < -0.3 is 4.74 Å². The molecule has 1 atom stereocenters. The number of hydrogen-bond donors (Lipinski definition) is 0. The van der Waals surface area contributed by atoms with Crippen molar-refractivity contribution in [3.05, 3.63) is 29.6 Å². The summed E-state index contributed by atoms with van der Waals surface area (Å²) in [6.45, 7) is 0. The van der Waals surface area contributed by atoms with Crippen LogP contribution in [0.3, 0.4) is 0 Å². The zero-order chi connectivity index (χ0) is 14.0. The second kappa shape index (κ2) is 5.28. The summed E-state index contributed by atoms with van der Waals surface area (Å²) < 4.78 is 40.9. The van der Waals surface area contributed by atoms with Gasteiger partial charge in [0.15, 0.2) is 27.2 Å². The van der Waals surface area contributed by atoms with Crippen molar-refractivity contribution in [2.24, 2.45) is 5.92 Å². The molecule has 1 fully saturated rings. The molecule has 1 aliphatic heterocycles. The van der Waals surface area contributed by atoms with Gasteiger partial charge in [0.05, 0.1) is 18.6 Å². The highest BCUT2D eigenvalue weighted by atomic mass is 32.2. The van der Waals surface area contributed by atoms with Gasteiger partial charge in [0, 0.05) is 12.0 Å². The van der Waals surface area contributed by atoms with E-state index in [2.05, 4.69) is 0 Å². The molecule has 0 radical (unpaired) electrons. The second-order valence-corrected chi connectivity index (χ2v) is 6.97. The van der Waals surface area contributed by atoms with E-state index in [9.17, 15) is 17.6 Å². The van der Waals surface area contributed by atoms with Crippen LogP contribution in [0.2, 0.25) is 0 Å². The minimum atomic E-state index is -2.99. The molecule has 104 valence electrons. The lowest BCUT2D eigenvalue weighted by atomic mass is 9.98. The number of ether oxygens (including phenoxy) is 1. The van der Waals surface area contributed by atoms with E-state index < -0.39 is 15.7 Å². The number of halogens is 1. The minimum absolute atomic E-state index is 0.0530. The summed E-state index contributed by atoms with van der Waals surface area (Å²) in [4.78, 5) is 12.0. The Kier molecular flexibility index (Phi) is 3.89. The fourth-order valence-electron chi connectivity index (χ4n) is 2.25. The zero-order valence-electron chi connectivity index (χ0n) is 10.6. The van der Waals surface area contributed by atoms with Gasteiger partial charge in [-0.15, -0.1) is 0 Å². The first-order chi connectivity index (χ1) is 8.91. The molecule has 1 aromatic carbocycles. The third-order valence-corrected chi connectivity index (χ3v) is 5.11. The molecule has 2 rings (SSSR count). The first-order valence-electron chi connectivity index (χ1n) is 5.98. The third kappa shape index (κ3) is 3.32. The van der Waals surface area contributed by atoms with Gasteiger partial charge in [-0.05, 0) is 30.5 Å². The number of carbonyl (C=O) groups excluding carboxylic acids is 1. The Hall–Kier alpha value is -1.43. The van der Waals surface area contributed by atoms with Crippen molar-refractivity contribution in [3.63, 3.8) is 0 Å². The second-order valence-electron chi connectivity index (χ2n) is 4.75. The summed E-state index contributed by atoms with van der Waals surface area (Å²) in [6.07, 6.45) is 0.651. The first-order valence-corrected chi connectivity index (χ1v) is 7.80. The number of sulfone groups is 1. The highest BCUT2D eigenvalue weighted by Gasteiger charge is 2.29. The number of hydrogen-bond acceptors (Lipinski definition) is 4. The van der Waals surface area contributed by atoms with E-state index in [1.54, 1.807) is 0 Å². The molecule has 0 amide bonds. The maximum atomic E-state index is 13.5. The van der Waals surface area contributed by atoms with Crippen LogP contribution in [0, 0.1) is 11.7 Å². The molecule has 0 aliphatic carbocycles. The maximum absolute atomic E-state index is 13.5. The van der Waals surface area contributed by atoms with Gasteiger partial charge in [0.2, 0.25) is 0 Å². The standard InChI is InChI=1S/C13H15FO4S/c1-18-13-3-2-10(7-11(13)14)12(15)6-9-4-5-19(16,17)8-9/h2-3,7,9H,4-6,8H2,1H3. The molecule has 0 N–H and O–H groups in total. The van der Waals surface area contributed by atoms with Gasteiger partial charge in [-0.1, -0.05) is 0 Å². The third-order valence-electron chi connectivity index (χ3n) is 3.27. The van der Waals surface area contributed by atoms with E-state index in [0.717, 1.165) is 6.07 Å². The Bertz CT molecular complexity index is 595. The average Bonchev–Trinajstić information content (AvgIpc) is 2.68. The van der Waals surface area contributed by atoms with Crippen molar-refractivity contribution < 1.29 is 22.3 Å². The van der Waals surface area contributed by atoms with Crippen LogP contribution >= 0.6 is 0 Å².